The fraction of sp³-hybridized carbons (Fsp3) is 0.286. The van der Waals surface area contributed by atoms with Gasteiger partial charge in [0.25, 0.3) is 5.91 Å². The minimum atomic E-state index is -0.609. The maximum atomic E-state index is 13.4. The van der Waals surface area contributed by atoms with Gasteiger partial charge < -0.3 is 9.64 Å². The molecule has 6 heteroatoms. The van der Waals surface area contributed by atoms with Gasteiger partial charge in [0.05, 0.1) is 12.0 Å². The molecule has 3 amide bonds. The lowest BCUT2D eigenvalue weighted by Gasteiger charge is -2.25. The minimum Gasteiger partial charge on any atom is -0.439 e. The molecule has 0 unspecified atom stereocenters. The first-order chi connectivity index (χ1) is 13.1. The van der Waals surface area contributed by atoms with E-state index in [2.05, 4.69) is 0 Å². The van der Waals surface area contributed by atoms with Gasteiger partial charge >= 0.3 is 6.09 Å². The zero-order valence-corrected chi connectivity index (χ0v) is 14.8. The van der Waals surface area contributed by atoms with Gasteiger partial charge in [0.2, 0.25) is 5.91 Å². The molecule has 0 saturated carbocycles. The van der Waals surface area contributed by atoms with Crippen LogP contribution in [-0.4, -0.2) is 53.4 Å². The van der Waals surface area contributed by atoms with E-state index in [4.69, 9.17) is 4.74 Å². The lowest BCUT2D eigenvalue weighted by molar-refractivity contribution is -0.132. The van der Waals surface area contributed by atoms with Gasteiger partial charge in [-0.05, 0) is 17.5 Å². The first kappa shape index (κ1) is 17.3. The van der Waals surface area contributed by atoms with Gasteiger partial charge in [-0.3, -0.25) is 9.59 Å². The Morgan fingerprint density at radius 3 is 2.07 bits per heavy atom. The molecule has 138 valence electrons. The highest BCUT2D eigenvalue weighted by Gasteiger charge is 2.42. The molecule has 2 heterocycles. The topological polar surface area (TPSA) is 66.9 Å². The van der Waals surface area contributed by atoms with Crippen molar-refractivity contribution in [2.45, 2.75) is 18.4 Å². The van der Waals surface area contributed by atoms with Gasteiger partial charge in [0.15, 0.2) is 6.61 Å². The second-order valence-corrected chi connectivity index (χ2v) is 6.80. The SMILES string of the molecule is O=C(C(c1ccccc1)c1ccccc1)N1CC[C@H](N2C(=O)COC2=O)C1. The third-order valence-electron chi connectivity index (χ3n) is 5.14. The number of likely N-dealkylation sites (tertiary alicyclic amines) is 1. The maximum absolute atomic E-state index is 13.4. The van der Waals surface area contributed by atoms with Crippen molar-refractivity contribution < 1.29 is 19.1 Å². The molecule has 0 aliphatic carbocycles. The summed E-state index contributed by atoms with van der Waals surface area (Å²) in [4.78, 5) is 40.0. The van der Waals surface area contributed by atoms with E-state index in [0.29, 0.717) is 19.5 Å². The summed E-state index contributed by atoms with van der Waals surface area (Å²) in [5, 5.41) is 0. The number of amides is 3. The number of hydrogen-bond acceptors (Lipinski definition) is 4. The number of carbonyl (C=O) groups excluding carboxylic acids is 3. The Morgan fingerprint density at radius 1 is 0.963 bits per heavy atom. The number of imide groups is 1. The number of hydrogen-bond donors (Lipinski definition) is 0. The predicted molar refractivity (Wildman–Crippen MR) is 97.9 cm³/mol. The second kappa shape index (κ2) is 7.23. The smallest absolute Gasteiger partial charge is 0.417 e. The van der Waals surface area contributed by atoms with Gasteiger partial charge in [0, 0.05) is 13.1 Å². The van der Waals surface area contributed by atoms with Gasteiger partial charge in [-0.25, -0.2) is 9.69 Å². The Bertz CT molecular complexity index is 798. The van der Waals surface area contributed by atoms with Crippen LogP contribution in [0, 0.1) is 0 Å². The van der Waals surface area contributed by atoms with Crippen molar-refractivity contribution in [1.29, 1.82) is 0 Å². The van der Waals surface area contributed by atoms with E-state index in [-0.39, 0.29) is 24.5 Å². The molecule has 2 aromatic rings. The van der Waals surface area contributed by atoms with E-state index in [9.17, 15) is 14.4 Å². The van der Waals surface area contributed by atoms with Crippen molar-refractivity contribution in [1.82, 2.24) is 9.80 Å². The van der Waals surface area contributed by atoms with E-state index < -0.39 is 12.0 Å². The van der Waals surface area contributed by atoms with Crippen LogP contribution in [0.5, 0.6) is 0 Å². The minimum absolute atomic E-state index is 0.0186. The average Bonchev–Trinajstić information content (AvgIpc) is 3.30. The third kappa shape index (κ3) is 3.30. The number of cyclic esters (lactones) is 1. The quantitative estimate of drug-likeness (QED) is 0.836. The van der Waals surface area contributed by atoms with Crippen LogP contribution < -0.4 is 0 Å². The lowest BCUT2D eigenvalue weighted by Crippen LogP contribution is -2.42. The Balaban J connectivity index is 1.58. The van der Waals surface area contributed by atoms with E-state index in [0.717, 1.165) is 16.0 Å². The molecule has 0 bridgehead atoms. The van der Waals surface area contributed by atoms with Crippen LogP contribution in [-0.2, 0) is 14.3 Å². The molecule has 0 radical (unpaired) electrons. The standard InChI is InChI=1S/C21H20N2O4/c24-18-14-27-21(26)23(18)17-11-12-22(13-17)20(25)19(15-7-3-1-4-8-15)16-9-5-2-6-10-16/h1-10,17,19H,11-14H2/t17-/m0/s1. The normalized spacial score (nSPS) is 19.7. The highest BCUT2D eigenvalue weighted by atomic mass is 16.6. The Kier molecular flexibility index (Phi) is 4.62. The van der Waals surface area contributed by atoms with Crippen LogP contribution in [0.25, 0.3) is 0 Å². The number of ether oxygens (including phenoxy) is 1. The van der Waals surface area contributed by atoms with Crippen molar-refractivity contribution in [3.63, 3.8) is 0 Å². The molecule has 2 aliphatic heterocycles. The van der Waals surface area contributed by atoms with Gasteiger partial charge in [-0.15, -0.1) is 0 Å². The van der Waals surface area contributed by atoms with Gasteiger partial charge in [-0.1, -0.05) is 60.7 Å². The summed E-state index contributed by atoms with van der Waals surface area (Å²) in [5.74, 6) is -0.760. The van der Waals surface area contributed by atoms with Crippen LogP contribution in [0.4, 0.5) is 4.79 Å². The summed E-state index contributed by atoms with van der Waals surface area (Å²) in [6.45, 7) is 0.645. The first-order valence-electron chi connectivity index (χ1n) is 9.02. The van der Waals surface area contributed by atoms with Crippen LogP contribution in [0.15, 0.2) is 60.7 Å². The summed E-state index contributed by atoms with van der Waals surface area (Å²) in [7, 11) is 0. The molecule has 1 atom stereocenters. The van der Waals surface area contributed by atoms with Crippen LogP contribution in [0.2, 0.25) is 0 Å². The zero-order valence-electron chi connectivity index (χ0n) is 14.8. The molecular formula is C21H20N2O4. The summed E-state index contributed by atoms with van der Waals surface area (Å²) in [5.41, 5.74) is 1.85. The van der Waals surface area contributed by atoms with Crippen molar-refractivity contribution in [3.8, 4) is 0 Å². The molecule has 27 heavy (non-hydrogen) atoms. The number of carbonyl (C=O) groups is 3. The largest absolute Gasteiger partial charge is 0.439 e. The van der Waals surface area contributed by atoms with Crippen molar-refractivity contribution >= 4 is 17.9 Å². The van der Waals surface area contributed by atoms with Crippen LogP contribution in [0.1, 0.15) is 23.5 Å². The zero-order chi connectivity index (χ0) is 18.8. The number of benzene rings is 2. The van der Waals surface area contributed by atoms with E-state index in [1.807, 2.05) is 60.7 Å². The summed E-state index contributed by atoms with van der Waals surface area (Å²) >= 11 is 0. The molecule has 2 fully saturated rings. The molecule has 0 spiro atoms. The number of nitrogens with zero attached hydrogens (tertiary/aromatic N) is 2. The molecule has 2 saturated heterocycles. The second-order valence-electron chi connectivity index (χ2n) is 6.80. The van der Waals surface area contributed by atoms with Crippen molar-refractivity contribution in [3.05, 3.63) is 71.8 Å². The van der Waals surface area contributed by atoms with E-state index in [1.165, 1.54) is 0 Å². The van der Waals surface area contributed by atoms with E-state index in [1.54, 1.807) is 4.90 Å². The predicted octanol–water partition coefficient (Wildman–Crippen LogP) is 2.40. The highest BCUT2D eigenvalue weighted by molar-refractivity contribution is 5.98. The van der Waals surface area contributed by atoms with Gasteiger partial charge in [-0.2, -0.15) is 0 Å². The molecular weight excluding hydrogens is 344 g/mol. The van der Waals surface area contributed by atoms with Crippen LogP contribution >= 0.6 is 0 Å². The lowest BCUT2D eigenvalue weighted by atomic mass is 9.90. The third-order valence-corrected chi connectivity index (χ3v) is 5.14. The number of rotatable bonds is 4. The summed E-state index contributed by atoms with van der Waals surface area (Å²) < 4.78 is 4.81. The molecule has 2 aliphatic rings. The summed E-state index contributed by atoms with van der Waals surface area (Å²) in [6.07, 6.45) is -0.0370. The van der Waals surface area contributed by atoms with Gasteiger partial charge in [0.1, 0.15) is 0 Å². The van der Waals surface area contributed by atoms with Crippen molar-refractivity contribution in [2.24, 2.45) is 0 Å². The highest BCUT2D eigenvalue weighted by Crippen LogP contribution is 2.29. The molecule has 2 aromatic carbocycles. The first-order valence-corrected chi connectivity index (χ1v) is 9.02. The Labute approximate surface area is 157 Å². The Hall–Kier alpha value is -3.15. The molecule has 0 N–H and O–H groups in total. The molecule has 4 rings (SSSR count). The van der Waals surface area contributed by atoms with Crippen molar-refractivity contribution in [2.75, 3.05) is 19.7 Å². The molecule has 0 aromatic heterocycles. The van der Waals surface area contributed by atoms with Crippen LogP contribution in [0.3, 0.4) is 0 Å². The fourth-order valence-electron chi connectivity index (χ4n) is 3.82. The maximum Gasteiger partial charge on any atom is 0.417 e. The average molecular weight is 364 g/mol. The van der Waals surface area contributed by atoms with E-state index >= 15 is 0 Å². The fourth-order valence-corrected chi connectivity index (χ4v) is 3.82. The molecule has 6 nitrogen and oxygen atoms in total. The monoisotopic (exact) mass is 364 g/mol. The Morgan fingerprint density at radius 2 is 1.56 bits per heavy atom. The summed E-state index contributed by atoms with van der Waals surface area (Å²) in [6, 6.07) is 19.0.